The highest BCUT2D eigenvalue weighted by Crippen LogP contribution is 2.12. The van der Waals surface area contributed by atoms with Crippen LogP contribution < -0.4 is 4.74 Å². The van der Waals surface area contributed by atoms with E-state index in [-0.39, 0.29) is 0 Å². The number of hydrogen-bond donors (Lipinski definition) is 0. The molecule has 1 rings (SSSR count). The van der Waals surface area contributed by atoms with Gasteiger partial charge < -0.3 is 4.74 Å². The van der Waals surface area contributed by atoms with E-state index in [9.17, 15) is 0 Å². The highest BCUT2D eigenvalue weighted by Gasteiger charge is 2.05. The van der Waals surface area contributed by atoms with E-state index in [1.807, 2.05) is 13.2 Å². The summed E-state index contributed by atoms with van der Waals surface area (Å²) in [4.78, 5) is 0. The smallest absolute Gasteiger partial charge is 0.157 e. The molecule has 0 spiro atoms. The van der Waals surface area contributed by atoms with Crippen LogP contribution in [0.3, 0.4) is 0 Å². The van der Waals surface area contributed by atoms with Crippen LogP contribution in [0.5, 0.6) is 5.75 Å². The maximum absolute atomic E-state index is 5.65. The molecular weight excluding hydrogens is 152 g/mol. The van der Waals surface area contributed by atoms with Crippen LogP contribution in [0.1, 0.15) is 26.7 Å². The van der Waals surface area contributed by atoms with Gasteiger partial charge in [-0.15, -0.1) is 0 Å². The van der Waals surface area contributed by atoms with Crippen molar-refractivity contribution in [3.63, 3.8) is 0 Å². The van der Waals surface area contributed by atoms with Crippen LogP contribution in [-0.4, -0.2) is 15.9 Å². The van der Waals surface area contributed by atoms with Crippen molar-refractivity contribution in [3.8, 4) is 5.75 Å². The summed E-state index contributed by atoms with van der Waals surface area (Å²) in [5.41, 5.74) is 0. The quantitative estimate of drug-likeness (QED) is 0.687. The van der Waals surface area contributed by atoms with Gasteiger partial charge >= 0.3 is 0 Å². The summed E-state index contributed by atoms with van der Waals surface area (Å²) in [6.07, 6.45) is 6.06. The maximum atomic E-state index is 5.65. The third-order valence-electron chi connectivity index (χ3n) is 1.89. The molecule has 68 valence electrons. The zero-order valence-corrected chi connectivity index (χ0v) is 7.95. The number of aromatic nitrogens is 2. The molecule has 1 heterocycles. The normalized spacial score (nSPS) is 10.7. The average Bonchev–Trinajstić information content (AvgIpc) is 2.47. The topological polar surface area (TPSA) is 27.1 Å². The molecule has 3 heteroatoms. The van der Waals surface area contributed by atoms with Crippen molar-refractivity contribution >= 4 is 0 Å². The van der Waals surface area contributed by atoms with Crippen molar-refractivity contribution in [1.82, 2.24) is 9.78 Å². The molecule has 0 atom stereocenters. The summed E-state index contributed by atoms with van der Waals surface area (Å²) < 4.78 is 7.40. The van der Waals surface area contributed by atoms with Crippen molar-refractivity contribution in [2.24, 2.45) is 7.05 Å². The first-order chi connectivity index (χ1) is 5.76. The van der Waals surface area contributed by atoms with E-state index in [2.05, 4.69) is 18.9 Å². The molecule has 0 saturated carbocycles. The van der Waals surface area contributed by atoms with Gasteiger partial charge in [-0.25, -0.2) is 0 Å². The van der Waals surface area contributed by atoms with Crippen LogP contribution in [0.4, 0.5) is 0 Å². The van der Waals surface area contributed by atoms with Crippen LogP contribution in [0.2, 0.25) is 0 Å². The predicted octanol–water partition coefficient (Wildman–Crippen LogP) is 1.99. The molecule has 3 nitrogen and oxygen atoms in total. The SMILES string of the molecule is CCC(CC)Oc1cnn(C)c1. The third kappa shape index (κ3) is 2.26. The molecule has 0 aliphatic carbocycles. The monoisotopic (exact) mass is 168 g/mol. The van der Waals surface area contributed by atoms with Crippen LogP contribution in [0.25, 0.3) is 0 Å². The Labute approximate surface area is 73.3 Å². The molecule has 0 bridgehead atoms. The zero-order valence-electron chi connectivity index (χ0n) is 7.95. The molecule has 0 aromatic carbocycles. The van der Waals surface area contributed by atoms with Gasteiger partial charge in [-0.2, -0.15) is 5.10 Å². The lowest BCUT2D eigenvalue weighted by Gasteiger charge is -2.12. The lowest BCUT2D eigenvalue weighted by atomic mass is 10.2. The largest absolute Gasteiger partial charge is 0.487 e. The molecular formula is C9H16N2O. The molecule has 0 aliphatic heterocycles. The van der Waals surface area contributed by atoms with Gasteiger partial charge in [0.2, 0.25) is 0 Å². The van der Waals surface area contributed by atoms with Gasteiger partial charge in [-0.3, -0.25) is 4.68 Å². The Balaban J connectivity index is 2.50. The van der Waals surface area contributed by atoms with E-state index >= 15 is 0 Å². The van der Waals surface area contributed by atoms with E-state index < -0.39 is 0 Å². The van der Waals surface area contributed by atoms with Gasteiger partial charge in [0.05, 0.1) is 18.5 Å². The fourth-order valence-corrected chi connectivity index (χ4v) is 1.11. The summed E-state index contributed by atoms with van der Waals surface area (Å²) >= 11 is 0. The zero-order chi connectivity index (χ0) is 8.97. The van der Waals surface area contributed by atoms with Gasteiger partial charge in [0, 0.05) is 7.05 Å². The van der Waals surface area contributed by atoms with Gasteiger partial charge in [0.25, 0.3) is 0 Å². The van der Waals surface area contributed by atoms with Gasteiger partial charge in [-0.1, -0.05) is 13.8 Å². The molecule has 0 N–H and O–H groups in total. The van der Waals surface area contributed by atoms with Crippen molar-refractivity contribution in [2.45, 2.75) is 32.8 Å². The van der Waals surface area contributed by atoms with E-state index in [4.69, 9.17) is 4.74 Å². The van der Waals surface area contributed by atoms with E-state index in [0.717, 1.165) is 18.6 Å². The second-order valence-electron chi connectivity index (χ2n) is 2.91. The highest BCUT2D eigenvalue weighted by molar-refractivity contribution is 5.11. The second-order valence-corrected chi connectivity index (χ2v) is 2.91. The predicted molar refractivity (Wildman–Crippen MR) is 48.2 cm³/mol. The standard InChI is InChI=1S/C9H16N2O/c1-4-8(5-2)12-9-6-10-11(3)7-9/h6-8H,4-5H2,1-3H3. The molecule has 1 aromatic rings. The van der Waals surface area contributed by atoms with E-state index in [0.29, 0.717) is 6.10 Å². The summed E-state index contributed by atoms with van der Waals surface area (Å²) in [5, 5.41) is 4.03. The maximum Gasteiger partial charge on any atom is 0.157 e. The number of nitrogens with zero attached hydrogens (tertiary/aromatic N) is 2. The lowest BCUT2D eigenvalue weighted by Crippen LogP contribution is -2.13. The number of hydrogen-bond acceptors (Lipinski definition) is 2. The summed E-state index contributed by atoms with van der Waals surface area (Å²) in [5.74, 6) is 0.867. The Morgan fingerprint density at radius 2 is 2.17 bits per heavy atom. The van der Waals surface area contributed by atoms with Crippen molar-refractivity contribution in [1.29, 1.82) is 0 Å². The Morgan fingerprint density at radius 1 is 1.50 bits per heavy atom. The highest BCUT2D eigenvalue weighted by atomic mass is 16.5. The summed E-state index contributed by atoms with van der Waals surface area (Å²) in [6.45, 7) is 4.26. The second kappa shape index (κ2) is 4.14. The summed E-state index contributed by atoms with van der Waals surface area (Å²) in [6, 6.07) is 0. The summed E-state index contributed by atoms with van der Waals surface area (Å²) in [7, 11) is 1.89. The van der Waals surface area contributed by atoms with E-state index in [1.54, 1.807) is 10.9 Å². The third-order valence-corrected chi connectivity index (χ3v) is 1.89. The Kier molecular flexibility index (Phi) is 3.14. The number of ether oxygens (including phenoxy) is 1. The first-order valence-corrected chi connectivity index (χ1v) is 4.41. The van der Waals surface area contributed by atoms with Crippen LogP contribution in [0, 0.1) is 0 Å². The van der Waals surface area contributed by atoms with Crippen molar-refractivity contribution in [2.75, 3.05) is 0 Å². The molecule has 0 aliphatic rings. The molecule has 0 radical (unpaired) electrons. The molecule has 0 fully saturated rings. The Bertz CT molecular complexity index is 228. The lowest BCUT2D eigenvalue weighted by molar-refractivity contribution is 0.192. The van der Waals surface area contributed by atoms with Crippen molar-refractivity contribution < 1.29 is 4.74 Å². The first kappa shape index (κ1) is 9.10. The fourth-order valence-electron chi connectivity index (χ4n) is 1.11. The fraction of sp³-hybridized carbons (Fsp3) is 0.667. The van der Waals surface area contributed by atoms with Crippen LogP contribution >= 0.6 is 0 Å². The minimum atomic E-state index is 0.328. The molecule has 1 aromatic heterocycles. The van der Waals surface area contributed by atoms with Gasteiger partial charge in [0.1, 0.15) is 0 Å². The minimum absolute atomic E-state index is 0.328. The molecule has 0 saturated heterocycles. The van der Waals surface area contributed by atoms with Gasteiger partial charge in [-0.05, 0) is 12.8 Å². The van der Waals surface area contributed by atoms with Crippen LogP contribution in [0.15, 0.2) is 12.4 Å². The van der Waals surface area contributed by atoms with Gasteiger partial charge in [0.15, 0.2) is 5.75 Å². The molecule has 0 amide bonds. The molecule has 12 heavy (non-hydrogen) atoms. The average molecular weight is 168 g/mol. The Hall–Kier alpha value is -0.990. The van der Waals surface area contributed by atoms with Crippen LogP contribution in [-0.2, 0) is 7.05 Å². The number of aryl methyl sites for hydroxylation is 1. The first-order valence-electron chi connectivity index (χ1n) is 4.41. The minimum Gasteiger partial charge on any atom is -0.487 e. The molecule has 0 unspecified atom stereocenters. The van der Waals surface area contributed by atoms with Crippen molar-refractivity contribution in [3.05, 3.63) is 12.4 Å². The number of rotatable bonds is 4. The van der Waals surface area contributed by atoms with E-state index in [1.165, 1.54) is 0 Å². The Morgan fingerprint density at radius 3 is 2.58 bits per heavy atom.